The van der Waals surface area contributed by atoms with Crippen LogP contribution in [0, 0.1) is 31.1 Å². The smallest absolute Gasteiger partial charge is 0.305 e. The van der Waals surface area contributed by atoms with Crippen molar-refractivity contribution in [2.24, 2.45) is 0 Å². The van der Waals surface area contributed by atoms with Gasteiger partial charge in [-0.2, -0.15) is 0 Å². The van der Waals surface area contributed by atoms with Crippen molar-refractivity contribution in [3.05, 3.63) is 77.6 Å². The summed E-state index contributed by atoms with van der Waals surface area (Å²) in [5.41, 5.74) is 2.15. The van der Waals surface area contributed by atoms with E-state index in [4.69, 9.17) is 4.74 Å². The number of fused-ring (bicyclic) bond motifs is 1. The second-order valence-corrected chi connectivity index (χ2v) is 8.34. The second kappa shape index (κ2) is 10.9. The molecule has 0 atom stereocenters. The minimum atomic E-state index is -0.203. The predicted molar refractivity (Wildman–Crippen MR) is 120 cm³/mol. The first-order valence-corrected chi connectivity index (χ1v) is 10.8. The standard InChI is InChI=1S/C26H30NO4/c1-18-21(26(30)23-14-8-7-13-22(23)25(18)29)12-5-4-6-15-24(28)31-17-20-11-9-10-19(20)16-27(2)3/h7-11,13-14H,4-6,12,15-17H2,1-3H3. The highest BCUT2D eigenvalue weighted by Crippen LogP contribution is 2.33. The number of carbonyl (C=O) groups excluding carboxylic acids is 3. The van der Waals surface area contributed by atoms with Crippen molar-refractivity contribution >= 4 is 17.5 Å². The van der Waals surface area contributed by atoms with Gasteiger partial charge in [-0.15, -0.1) is 0 Å². The van der Waals surface area contributed by atoms with Crippen molar-refractivity contribution in [2.75, 3.05) is 27.2 Å². The van der Waals surface area contributed by atoms with Crippen LogP contribution in [0.5, 0.6) is 0 Å². The molecule has 3 rings (SSSR count). The lowest BCUT2D eigenvalue weighted by Gasteiger charge is -2.21. The second-order valence-electron chi connectivity index (χ2n) is 8.34. The maximum Gasteiger partial charge on any atom is 0.305 e. The van der Waals surface area contributed by atoms with Crippen LogP contribution in [-0.2, 0) is 9.53 Å². The molecule has 0 aliphatic heterocycles. The zero-order chi connectivity index (χ0) is 22.4. The number of allylic oxidation sites excluding steroid dienone is 2. The molecule has 0 saturated heterocycles. The zero-order valence-corrected chi connectivity index (χ0v) is 18.6. The fraction of sp³-hybridized carbons (Fsp3) is 0.385. The molecule has 0 bridgehead atoms. The summed E-state index contributed by atoms with van der Waals surface area (Å²) in [7, 11) is 4.02. The van der Waals surface area contributed by atoms with Crippen LogP contribution >= 0.6 is 0 Å². The summed E-state index contributed by atoms with van der Waals surface area (Å²) in [6, 6.07) is 6.99. The molecule has 0 aromatic heterocycles. The lowest BCUT2D eigenvalue weighted by molar-refractivity contribution is -0.143. The Morgan fingerprint density at radius 3 is 2.32 bits per heavy atom. The molecule has 163 valence electrons. The first-order valence-electron chi connectivity index (χ1n) is 10.8. The number of hydrogen-bond acceptors (Lipinski definition) is 5. The van der Waals surface area contributed by atoms with E-state index in [-0.39, 0.29) is 17.5 Å². The molecule has 2 aliphatic carbocycles. The Labute approximate surface area is 185 Å². The predicted octanol–water partition coefficient (Wildman–Crippen LogP) is 4.21. The Balaban J connectivity index is 1.37. The average Bonchev–Trinajstić information content (AvgIpc) is 3.18. The average molecular weight is 421 g/mol. The summed E-state index contributed by atoms with van der Waals surface area (Å²) < 4.78 is 5.43. The van der Waals surface area contributed by atoms with E-state index in [1.807, 2.05) is 26.9 Å². The van der Waals surface area contributed by atoms with Gasteiger partial charge in [0.1, 0.15) is 0 Å². The molecule has 5 heteroatoms. The van der Waals surface area contributed by atoms with E-state index in [1.54, 1.807) is 31.2 Å². The van der Waals surface area contributed by atoms with Gasteiger partial charge in [0.05, 0.1) is 6.61 Å². The summed E-state index contributed by atoms with van der Waals surface area (Å²) in [4.78, 5) is 39.4. The third-order valence-electron chi connectivity index (χ3n) is 5.67. The van der Waals surface area contributed by atoms with E-state index in [9.17, 15) is 14.4 Å². The van der Waals surface area contributed by atoms with Crippen molar-refractivity contribution in [3.8, 4) is 0 Å². The quantitative estimate of drug-likeness (QED) is 0.419. The summed E-state index contributed by atoms with van der Waals surface area (Å²) in [6.45, 7) is 2.86. The SMILES string of the molecule is CC1=C(CCCCCC(=O)OC[C]2[CH][CH][CH][C]2CN(C)C)C(=O)c2ccccc2C1=O. The molecular formula is C26H30NO4. The Hall–Kier alpha value is -2.27. The van der Waals surface area contributed by atoms with Crippen LogP contribution in [0.25, 0.3) is 0 Å². The maximum absolute atomic E-state index is 12.7. The molecule has 5 radical (unpaired) electrons. The van der Waals surface area contributed by atoms with E-state index >= 15 is 0 Å². The van der Waals surface area contributed by atoms with Crippen molar-refractivity contribution in [2.45, 2.75) is 39.0 Å². The molecule has 31 heavy (non-hydrogen) atoms. The van der Waals surface area contributed by atoms with Gasteiger partial charge in [0, 0.05) is 47.1 Å². The molecule has 2 aliphatic rings. The highest BCUT2D eigenvalue weighted by atomic mass is 16.5. The van der Waals surface area contributed by atoms with Gasteiger partial charge in [-0.3, -0.25) is 14.4 Å². The third-order valence-corrected chi connectivity index (χ3v) is 5.67. The summed E-state index contributed by atoms with van der Waals surface area (Å²) in [5, 5.41) is 0. The van der Waals surface area contributed by atoms with Crippen molar-refractivity contribution in [1.29, 1.82) is 0 Å². The van der Waals surface area contributed by atoms with Gasteiger partial charge in [-0.05, 0) is 59.5 Å². The van der Waals surface area contributed by atoms with E-state index in [0.717, 1.165) is 25.3 Å². The summed E-state index contributed by atoms with van der Waals surface area (Å²) in [6.07, 6.45) is 9.20. The molecule has 0 amide bonds. The van der Waals surface area contributed by atoms with Gasteiger partial charge < -0.3 is 9.64 Å². The van der Waals surface area contributed by atoms with Gasteiger partial charge in [-0.1, -0.05) is 30.7 Å². The first-order chi connectivity index (χ1) is 14.9. The molecule has 1 saturated carbocycles. The van der Waals surface area contributed by atoms with E-state index in [2.05, 4.69) is 11.3 Å². The molecule has 0 spiro atoms. The molecule has 1 aromatic carbocycles. The number of esters is 1. The number of ketones is 2. The summed E-state index contributed by atoms with van der Waals surface area (Å²) >= 11 is 0. The van der Waals surface area contributed by atoms with Crippen LogP contribution in [0.3, 0.4) is 0 Å². The van der Waals surface area contributed by atoms with Crippen molar-refractivity contribution < 1.29 is 19.1 Å². The maximum atomic E-state index is 12.7. The van der Waals surface area contributed by atoms with Crippen LogP contribution < -0.4 is 0 Å². The van der Waals surface area contributed by atoms with E-state index in [0.29, 0.717) is 48.1 Å². The number of carbonyl (C=O) groups is 3. The Kier molecular flexibility index (Phi) is 8.19. The van der Waals surface area contributed by atoms with Crippen molar-refractivity contribution in [3.63, 3.8) is 0 Å². The Morgan fingerprint density at radius 2 is 1.61 bits per heavy atom. The van der Waals surface area contributed by atoms with Gasteiger partial charge >= 0.3 is 5.97 Å². The molecule has 0 unspecified atom stereocenters. The van der Waals surface area contributed by atoms with Crippen molar-refractivity contribution in [1.82, 2.24) is 4.90 Å². The van der Waals surface area contributed by atoms with Gasteiger partial charge in [0.2, 0.25) is 0 Å². The number of rotatable bonds is 10. The Bertz CT molecular complexity index is 855. The fourth-order valence-corrected chi connectivity index (χ4v) is 3.96. The van der Waals surface area contributed by atoms with Crippen LogP contribution in [0.2, 0.25) is 0 Å². The van der Waals surface area contributed by atoms with Gasteiger partial charge in [-0.25, -0.2) is 0 Å². The molecule has 0 N–H and O–H groups in total. The number of unbranched alkanes of at least 4 members (excludes halogenated alkanes) is 2. The van der Waals surface area contributed by atoms with Crippen LogP contribution in [0.15, 0.2) is 35.4 Å². The number of nitrogens with zero attached hydrogens (tertiary/aromatic N) is 1. The molecule has 1 aromatic rings. The highest BCUT2D eigenvalue weighted by Gasteiger charge is 2.31. The van der Waals surface area contributed by atoms with Gasteiger partial charge in [0.25, 0.3) is 0 Å². The van der Waals surface area contributed by atoms with Crippen LogP contribution in [-0.4, -0.2) is 49.7 Å². The van der Waals surface area contributed by atoms with Crippen LogP contribution in [0.4, 0.5) is 0 Å². The molecule has 1 fully saturated rings. The molecule has 0 heterocycles. The Morgan fingerprint density at radius 1 is 0.935 bits per heavy atom. The number of Topliss-reactive ketones (excluding diaryl/α,β-unsaturated/α-hetero) is 2. The minimum Gasteiger partial charge on any atom is -0.465 e. The highest BCUT2D eigenvalue weighted by molar-refractivity contribution is 6.26. The van der Waals surface area contributed by atoms with Gasteiger partial charge in [0.15, 0.2) is 11.6 Å². The lowest BCUT2D eigenvalue weighted by atomic mass is 9.83. The number of benzene rings is 1. The largest absolute Gasteiger partial charge is 0.465 e. The first kappa shape index (κ1) is 23.4. The normalized spacial score (nSPS) is 17.5. The number of ether oxygens (including phenoxy) is 1. The third kappa shape index (κ3) is 5.91. The topological polar surface area (TPSA) is 63.7 Å². The van der Waals surface area contributed by atoms with E-state index in [1.165, 1.54) is 5.92 Å². The molecule has 5 nitrogen and oxygen atoms in total. The van der Waals surface area contributed by atoms with E-state index < -0.39 is 0 Å². The number of hydrogen-bond donors (Lipinski definition) is 0. The molecular weight excluding hydrogens is 390 g/mol. The fourth-order valence-electron chi connectivity index (χ4n) is 3.96. The zero-order valence-electron chi connectivity index (χ0n) is 18.6. The van der Waals surface area contributed by atoms with Crippen LogP contribution in [0.1, 0.15) is 59.7 Å². The monoisotopic (exact) mass is 420 g/mol. The summed E-state index contributed by atoms with van der Waals surface area (Å²) in [5.74, 6) is 1.91. The lowest BCUT2D eigenvalue weighted by Crippen LogP contribution is -2.25. The minimum absolute atomic E-state index is 0.0460.